The van der Waals surface area contributed by atoms with Crippen LogP contribution in [0.1, 0.15) is 27.6 Å². The van der Waals surface area contributed by atoms with Crippen LogP contribution in [0.3, 0.4) is 0 Å². The first-order valence-corrected chi connectivity index (χ1v) is 7.79. The first-order valence-electron chi connectivity index (χ1n) is 7.79. The molecule has 7 nitrogen and oxygen atoms in total. The smallest absolute Gasteiger partial charge is 0.409 e. The van der Waals surface area contributed by atoms with E-state index in [0.29, 0.717) is 17.7 Å². The highest BCUT2D eigenvalue weighted by Gasteiger charge is 2.35. The third-order valence-corrected chi connectivity index (χ3v) is 4.13. The number of carbonyl (C=O) groups is 3. The molecule has 126 valence electrons. The van der Waals surface area contributed by atoms with Crippen LogP contribution in [0.15, 0.2) is 36.0 Å². The van der Waals surface area contributed by atoms with E-state index in [-0.39, 0.29) is 37.0 Å². The Balaban J connectivity index is 1.80. The molecule has 1 amide bonds. The van der Waals surface area contributed by atoms with Crippen LogP contribution in [0.2, 0.25) is 0 Å². The zero-order valence-corrected chi connectivity index (χ0v) is 13.3. The summed E-state index contributed by atoms with van der Waals surface area (Å²) >= 11 is 0. The van der Waals surface area contributed by atoms with Gasteiger partial charge in [-0.3, -0.25) is 9.59 Å². The minimum Gasteiger partial charge on any atom is -0.450 e. The topological polar surface area (TPSA) is 87.2 Å². The maximum absolute atomic E-state index is 12.6. The van der Waals surface area contributed by atoms with Crippen LogP contribution in [0.25, 0.3) is 0 Å². The quantitative estimate of drug-likeness (QED) is 0.872. The molecule has 1 aliphatic carbocycles. The van der Waals surface area contributed by atoms with Gasteiger partial charge >= 0.3 is 6.09 Å². The van der Waals surface area contributed by atoms with Gasteiger partial charge in [-0.2, -0.15) is 0 Å². The average molecular weight is 330 g/mol. The zero-order chi connectivity index (χ0) is 17.3. The molecule has 0 bridgehead atoms. The Labute approximate surface area is 139 Å². The average Bonchev–Trinajstić information content (AvgIpc) is 2.58. The molecule has 1 aliphatic heterocycles. The predicted octanol–water partition coefficient (Wildman–Crippen LogP) is 1.04. The van der Waals surface area contributed by atoms with Crippen molar-refractivity contribution in [2.45, 2.75) is 13.2 Å². The fourth-order valence-corrected chi connectivity index (χ4v) is 2.94. The minimum absolute atomic E-state index is 0.0132. The van der Waals surface area contributed by atoms with Gasteiger partial charge in [0.05, 0.1) is 18.8 Å². The summed E-state index contributed by atoms with van der Waals surface area (Å²) in [5, 5.41) is 10.3. The molecule has 0 radical (unpaired) electrons. The van der Waals surface area contributed by atoms with E-state index in [2.05, 4.69) is 0 Å². The number of piperazine rings is 1. The second-order valence-corrected chi connectivity index (χ2v) is 5.59. The molecule has 7 heteroatoms. The number of ether oxygens (including phenoxy) is 1. The second kappa shape index (κ2) is 6.45. The highest BCUT2D eigenvalue weighted by Crippen LogP contribution is 2.25. The van der Waals surface area contributed by atoms with E-state index in [0.717, 1.165) is 0 Å². The summed E-state index contributed by atoms with van der Waals surface area (Å²) in [5.74, 6) is -0.561. The third-order valence-electron chi connectivity index (χ3n) is 4.13. The monoisotopic (exact) mass is 330 g/mol. The lowest BCUT2D eigenvalue weighted by Gasteiger charge is -2.40. The molecule has 24 heavy (non-hydrogen) atoms. The van der Waals surface area contributed by atoms with Crippen molar-refractivity contribution in [3.8, 4) is 0 Å². The number of hydrogen-bond acceptors (Lipinski definition) is 6. The number of rotatable bonds is 2. The number of β-amino-alcohol motifs (C(OH)–C–C–N with tert-alkyl or cyclic N) is 1. The lowest BCUT2D eigenvalue weighted by atomic mass is 9.92. The van der Waals surface area contributed by atoms with Crippen molar-refractivity contribution >= 4 is 17.7 Å². The minimum atomic E-state index is -1.07. The molecule has 0 saturated carbocycles. The van der Waals surface area contributed by atoms with Crippen LogP contribution in [0.5, 0.6) is 0 Å². The Morgan fingerprint density at radius 3 is 2.62 bits per heavy atom. The molecular weight excluding hydrogens is 312 g/mol. The number of benzene rings is 1. The van der Waals surface area contributed by atoms with Crippen molar-refractivity contribution in [3.63, 3.8) is 0 Å². The van der Waals surface area contributed by atoms with E-state index in [9.17, 15) is 19.5 Å². The van der Waals surface area contributed by atoms with Crippen molar-refractivity contribution in [1.82, 2.24) is 9.80 Å². The molecule has 2 aliphatic rings. The lowest BCUT2D eigenvalue weighted by molar-refractivity contribution is -0.0332. The van der Waals surface area contributed by atoms with Gasteiger partial charge in [0.2, 0.25) is 5.78 Å². The highest BCUT2D eigenvalue weighted by atomic mass is 16.6. The van der Waals surface area contributed by atoms with Crippen LogP contribution < -0.4 is 0 Å². The van der Waals surface area contributed by atoms with Crippen molar-refractivity contribution in [2.75, 3.05) is 26.2 Å². The normalized spacial score (nSPS) is 20.6. The SMILES string of the molecule is CCOC(=O)N1CCN(C2=CC(=O)c3ccccc3C2=O)C(O)C1. The summed E-state index contributed by atoms with van der Waals surface area (Å²) in [7, 11) is 0. The van der Waals surface area contributed by atoms with Crippen molar-refractivity contribution in [1.29, 1.82) is 0 Å². The number of allylic oxidation sites excluding steroid dienone is 2. The number of ketones is 2. The zero-order valence-electron chi connectivity index (χ0n) is 13.3. The Bertz CT molecular complexity index is 727. The Morgan fingerprint density at radius 1 is 1.25 bits per heavy atom. The van der Waals surface area contributed by atoms with E-state index < -0.39 is 12.3 Å². The number of Topliss-reactive ketones (excluding diaryl/α,β-unsaturated/α-hetero) is 1. The van der Waals surface area contributed by atoms with E-state index in [1.54, 1.807) is 31.2 Å². The van der Waals surface area contributed by atoms with Gasteiger partial charge in [0.25, 0.3) is 0 Å². The Kier molecular flexibility index (Phi) is 4.35. The molecule has 1 N–H and O–H groups in total. The summed E-state index contributed by atoms with van der Waals surface area (Å²) in [6.45, 7) is 2.52. The van der Waals surface area contributed by atoms with Crippen LogP contribution in [-0.4, -0.2) is 65.0 Å². The van der Waals surface area contributed by atoms with E-state index >= 15 is 0 Å². The predicted molar refractivity (Wildman–Crippen MR) is 84.5 cm³/mol. The number of aliphatic hydroxyl groups is 1. The summed E-state index contributed by atoms with van der Waals surface area (Å²) in [6, 6.07) is 6.61. The molecule has 1 saturated heterocycles. The molecule has 1 atom stereocenters. The molecule has 1 unspecified atom stereocenters. The van der Waals surface area contributed by atoms with Gasteiger partial charge in [-0.25, -0.2) is 4.79 Å². The molecule has 3 rings (SSSR count). The van der Waals surface area contributed by atoms with Gasteiger partial charge in [-0.05, 0) is 6.92 Å². The van der Waals surface area contributed by atoms with Gasteiger partial charge < -0.3 is 19.6 Å². The fourth-order valence-electron chi connectivity index (χ4n) is 2.94. The lowest BCUT2D eigenvalue weighted by Crippen LogP contribution is -2.55. The number of carbonyl (C=O) groups excluding carboxylic acids is 3. The van der Waals surface area contributed by atoms with Gasteiger partial charge in [0, 0.05) is 30.3 Å². The van der Waals surface area contributed by atoms with E-state index in [1.807, 2.05) is 0 Å². The van der Waals surface area contributed by atoms with Crippen LogP contribution in [-0.2, 0) is 4.74 Å². The van der Waals surface area contributed by atoms with Crippen molar-refractivity contribution in [2.24, 2.45) is 0 Å². The first kappa shape index (κ1) is 16.2. The largest absolute Gasteiger partial charge is 0.450 e. The van der Waals surface area contributed by atoms with Crippen LogP contribution in [0, 0.1) is 0 Å². The maximum Gasteiger partial charge on any atom is 0.409 e. The Morgan fingerprint density at radius 2 is 1.96 bits per heavy atom. The molecule has 0 aromatic heterocycles. The molecule has 1 heterocycles. The fraction of sp³-hybridized carbons (Fsp3) is 0.353. The number of hydrogen-bond donors (Lipinski definition) is 1. The summed E-state index contributed by atoms with van der Waals surface area (Å²) in [6.07, 6.45) is -0.313. The molecule has 1 fully saturated rings. The highest BCUT2D eigenvalue weighted by molar-refractivity contribution is 6.24. The van der Waals surface area contributed by atoms with E-state index in [1.165, 1.54) is 15.9 Å². The van der Waals surface area contributed by atoms with Gasteiger partial charge in [-0.15, -0.1) is 0 Å². The molecular formula is C17H18N2O5. The van der Waals surface area contributed by atoms with Crippen molar-refractivity contribution < 1.29 is 24.2 Å². The van der Waals surface area contributed by atoms with Crippen LogP contribution in [0.4, 0.5) is 4.79 Å². The molecule has 1 aromatic carbocycles. The summed E-state index contributed by atoms with van der Waals surface area (Å²) in [4.78, 5) is 39.5. The molecule has 0 spiro atoms. The van der Waals surface area contributed by atoms with Crippen molar-refractivity contribution in [3.05, 3.63) is 47.2 Å². The van der Waals surface area contributed by atoms with E-state index in [4.69, 9.17) is 4.74 Å². The van der Waals surface area contributed by atoms with Gasteiger partial charge in [-0.1, -0.05) is 24.3 Å². The Hall–Kier alpha value is -2.67. The second-order valence-electron chi connectivity index (χ2n) is 5.59. The standard InChI is InChI=1S/C17H18N2O5/c1-2-24-17(23)18-7-8-19(15(21)10-18)13-9-14(20)11-5-3-4-6-12(11)16(13)22/h3-6,9,15,21H,2,7-8,10H2,1H3. The van der Waals surface area contributed by atoms with Gasteiger partial charge in [0.15, 0.2) is 5.78 Å². The number of nitrogens with zero attached hydrogens (tertiary/aromatic N) is 2. The van der Waals surface area contributed by atoms with Gasteiger partial charge in [0.1, 0.15) is 6.23 Å². The maximum atomic E-state index is 12.6. The van der Waals surface area contributed by atoms with Crippen LogP contribution >= 0.6 is 0 Å². The summed E-state index contributed by atoms with van der Waals surface area (Å²) in [5.41, 5.74) is 0.862. The number of amides is 1. The molecule has 1 aromatic rings. The first-order chi connectivity index (χ1) is 11.5. The summed E-state index contributed by atoms with van der Waals surface area (Å²) < 4.78 is 4.92. The third kappa shape index (κ3) is 2.78. The number of aliphatic hydroxyl groups excluding tert-OH is 1. The number of fused-ring (bicyclic) bond motifs is 1.